The van der Waals surface area contributed by atoms with Crippen LogP contribution in [0.25, 0.3) is 6.08 Å². The van der Waals surface area contributed by atoms with Crippen LogP contribution in [0.3, 0.4) is 0 Å². The molecule has 0 radical (unpaired) electrons. The fourth-order valence-electron chi connectivity index (χ4n) is 6.65. The van der Waals surface area contributed by atoms with Crippen molar-refractivity contribution in [1.29, 1.82) is 0 Å². The smallest absolute Gasteiger partial charge is 0.272 e. The van der Waals surface area contributed by atoms with Crippen LogP contribution in [-0.4, -0.2) is 116 Å². The summed E-state index contributed by atoms with van der Waals surface area (Å²) in [5.41, 5.74) is 0.400. The van der Waals surface area contributed by atoms with Gasteiger partial charge in [0.2, 0.25) is 5.91 Å². The van der Waals surface area contributed by atoms with Crippen molar-refractivity contribution < 1.29 is 29.4 Å². The highest BCUT2D eigenvalue weighted by Gasteiger charge is 2.54. The number of unbranched alkanes of at least 4 members (excludes halogenated alkanes) is 4. The molecule has 11 nitrogen and oxygen atoms in total. The van der Waals surface area contributed by atoms with E-state index in [0.29, 0.717) is 23.5 Å². The first kappa shape index (κ1) is 38.0. The zero-order valence-electron chi connectivity index (χ0n) is 29.4. The van der Waals surface area contributed by atoms with Gasteiger partial charge in [-0.2, -0.15) is 5.06 Å². The van der Waals surface area contributed by atoms with E-state index >= 15 is 0 Å². The minimum atomic E-state index is -0.868. The van der Waals surface area contributed by atoms with Gasteiger partial charge in [0, 0.05) is 50.2 Å². The zero-order valence-corrected chi connectivity index (χ0v) is 30.2. The minimum absolute atomic E-state index is 0.0308. The van der Waals surface area contributed by atoms with Crippen LogP contribution in [0.15, 0.2) is 11.5 Å². The predicted molar refractivity (Wildman–Crippen MR) is 186 cm³/mol. The predicted octanol–water partition coefficient (Wildman–Crippen LogP) is 3.90. The summed E-state index contributed by atoms with van der Waals surface area (Å²) in [4.78, 5) is 59.0. The Morgan fingerprint density at radius 2 is 1.85 bits per heavy atom. The van der Waals surface area contributed by atoms with E-state index in [1.54, 1.807) is 11.0 Å². The molecule has 2 N–H and O–H groups in total. The summed E-state index contributed by atoms with van der Waals surface area (Å²) >= 11 is 1.39. The first-order valence-corrected chi connectivity index (χ1v) is 18.5. The summed E-state index contributed by atoms with van der Waals surface area (Å²) in [5.74, 6) is 5.63. The number of aliphatic hydroxyl groups excluding tert-OH is 2. The van der Waals surface area contributed by atoms with Crippen LogP contribution in [0.4, 0.5) is 0 Å². The topological polar surface area (TPSA) is 127 Å². The average Bonchev–Trinajstić information content (AvgIpc) is 3.69. The second kappa shape index (κ2) is 17.7. The van der Waals surface area contributed by atoms with Crippen molar-refractivity contribution in [2.45, 2.75) is 117 Å². The van der Waals surface area contributed by atoms with Crippen molar-refractivity contribution in [3.63, 3.8) is 0 Å². The van der Waals surface area contributed by atoms with Crippen molar-refractivity contribution >= 4 is 35.1 Å². The van der Waals surface area contributed by atoms with Crippen molar-refractivity contribution in [3.8, 4) is 11.8 Å². The summed E-state index contributed by atoms with van der Waals surface area (Å²) in [5, 5.41) is 22.0. The molecule has 4 rings (SSSR count). The second-order valence-electron chi connectivity index (χ2n) is 14.8. The van der Waals surface area contributed by atoms with E-state index < -0.39 is 24.2 Å². The maximum absolute atomic E-state index is 14.3. The summed E-state index contributed by atoms with van der Waals surface area (Å²) in [6.45, 7) is 13.2. The fraction of sp³-hybridized carbons (Fsp3) is 0.722. The molecule has 12 heteroatoms. The van der Waals surface area contributed by atoms with Gasteiger partial charge >= 0.3 is 0 Å². The molecule has 266 valence electrons. The van der Waals surface area contributed by atoms with Crippen LogP contribution >= 0.6 is 11.3 Å². The Balaban J connectivity index is 1.57. The van der Waals surface area contributed by atoms with Gasteiger partial charge in [0.15, 0.2) is 12.3 Å². The minimum Gasteiger partial charge on any atom is -0.396 e. The lowest BCUT2D eigenvalue weighted by Crippen LogP contribution is -2.74. The molecule has 3 aliphatic heterocycles. The summed E-state index contributed by atoms with van der Waals surface area (Å²) in [6.07, 6.45) is 8.20. The molecule has 3 saturated heterocycles. The molecule has 1 aromatic heterocycles. The third-order valence-corrected chi connectivity index (χ3v) is 9.78. The van der Waals surface area contributed by atoms with Gasteiger partial charge in [0.25, 0.3) is 11.8 Å². The molecule has 3 aliphatic rings. The first-order chi connectivity index (χ1) is 22.9. The number of likely N-dealkylation sites (tertiary alicyclic amines) is 1. The monoisotopic (exact) mass is 685 g/mol. The Labute approximate surface area is 290 Å². The highest BCUT2D eigenvalue weighted by atomic mass is 32.1. The molecule has 0 aliphatic carbocycles. The number of hydroxylamine groups is 2. The maximum atomic E-state index is 14.3. The van der Waals surface area contributed by atoms with Gasteiger partial charge in [-0.3, -0.25) is 19.2 Å². The molecule has 48 heavy (non-hydrogen) atoms. The van der Waals surface area contributed by atoms with Crippen molar-refractivity contribution in [2.24, 2.45) is 11.3 Å². The molecule has 0 bridgehead atoms. The molecule has 3 amide bonds. The lowest BCUT2D eigenvalue weighted by molar-refractivity contribution is -0.275. The van der Waals surface area contributed by atoms with Gasteiger partial charge in [-0.1, -0.05) is 47.0 Å². The largest absolute Gasteiger partial charge is 0.396 e. The molecular weight excluding hydrogens is 630 g/mol. The summed E-state index contributed by atoms with van der Waals surface area (Å²) < 4.78 is 0. The third kappa shape index (κ3) is 10.3. The Kier molecular flexibility index (Phi) is 14.0. The van der Waals surface area contributed by atoms with E-state index in [0.717, 1.165) is 64.6 Å². The normalized spacial score (nSPS) is 23.7. The maximum Gasteiger partial charge on any atom is 0.272 e. The molecule has 4 heterocycles. The fourth-order valence-corrected chi connectivity index (χ4v) is 7.30. The standard InChI is InChI=1S/C36H55N5O6S/c1-26(2)21-30-35(46)40-29(22-36(3,4)5)34(45)39(28-16-18-38(23-28)17-10-12-20-43)24-32(40)41(47-30)33(44)15-14-31-37-27(25-48-31)13-9-7-6-8-11-19-42/h14-15,25-26,28-30,32,42-43H,6-8,10-12,16-24H2,1-5H3/b15-14+/t28-,29+,30-,32+/m1/s1. The van der Waals surface area contributed by atoms with Crippen LogP contribution in [0.1, 0.15) is 103 Å². The molecular formula is C36H55N5O6S. The SMILES string of the molecule is CC(C)C[C@H]1ON(C(=O)/C=C/c2nc(C#CCCCCCO)cs2)[C@H]2CN([C@@H]3CCN(CCCCO)C3)C(=O)[C@H](CC(C)(C)C)N2C1=O. The Hall–Kier alpha value is -2.82. The number of fused-ring (bicyclic) bond motifs is 1. The first-order valence-electron chi connectivity index (χ1n) is 17.6. The van der Waals surface area contributed by atoms with Crippen molar-refractivity contribution in [1.82, 2.24) is 24.7 Å². The molecule has 3 fully saturated rings. The van der Waals surface area contributed by atoms with Crippen LogP contribution < -0.4 is 0 Å². The lowest BCUT2D eigenvalue weighted by atomic mass is 9.85. The lowest BCUT2D eigenvalue weighted by Gasteiger charge is -2.54. The van der Waals surface area contributed by atoms with Gasteiger partial charge in [-0.25, -0.2) is 4.98 Å². The molecule has 0 saturated carbocycles. The van der Waals surface area contributed by atoms with Gasteiger partial charge in [-0.15, -0.1) is 11.3 Å². The van der Waals surface area contributed by atoms with E-state index in [1.807, 2.05) is 24.1 Å². The van der Waals surface area contributed by atoms with Gasteiger partial charge < -0.3 is 24.9 Å². The second-order valence-corrected chi connectivity index (χ2v) is 15.7. The van der Waals surface area contributed by atoms with Crippen molar-refractivity contribution in [2.75, 3.05) is 39.4 Å². The van der Waals surface area contributed by atoms with Crippen molar-refractivity contribution in [3.05, 3.63) is 22.2 Å². The number of carbonyl (C=O) groups excluding carboxylic acids is 3. The number of amides is 3. The summed E-state index contributed by atoms with van der Waals surface area (Å²) in [6, 6.07) is -0.738. The van der Waals surface area contributed by atoms with E-state index in [4.69, 9.17) is 9.94 Å². The third-order valence-electron chi connectivity index (χ3n) is 8.97. The molecule has 1 aromatic rings. The molecule has 4 atom stereocenters. The van der Waals surface area contributed by atoms with Crippen LogP contribution in [0.5, 0.6) is 0 Å². The zero-order chi connectivity index (χ0) is 34.8. The number of hydrogen-bond acceptors (Lipinski definition) is 9. The number of carbonyl (C=O) groups is 3. The van der Waals surface area contributed by atoms with Crippen LogP contribution in [0.2, 0.25) is 0 Å². The number of rotatable bonds is 14. The number of nitrogens with zero attached hydrogens (tertiary/aromatic N) is 5. The summed E-state index contributed by atoms with van der Waals surface area (Å²) in [7, 11) is 0. The molecule has 0 spiro atoms. The van der Waals surface area contributed by atoms with Gasteiger partial charge in [0.05, 0.1) is 6.54 Å². The highest BCUT2D eigenvalue weighted by Crippen LogP contribution is 2.36. The van der Waals surface area contributed by atoms with E-state index in [2.05, 4.69) is 42.5 Å². The van der Waals surface area contributed by atoms with Gasteiger partial charge in [0.1, 0.15) is 16.7 Å². The quantitative estimate of drug-likeness (QED) is 0.172. The van der Waals surface area contributed by atoms with E-state index in [9.17, 15) is 19.5 Å². The Morgan fingerprint density at radius 3 is 2.56 bits per heavy atom. The van der Waals surface area contributed by atoms with Crippen LogP contribution in [-0.2, 0) is 19.2 Å². The number of piperazine rings is 1. The number of aromatic nitrogens is 1. The highest BCUT2D eigenvalue weighted by molar-refractivity contribution is 7.10. The van der Waals surface area contributed by atoms with Gasteiger partial charge in [-0.05, 0) is 74.8 Å². The van der Waals surface area contributed by atoms with Crippen LogP contribution in [0, 0.1) is 23.2 Å². The number of hydrogen-bond donors (Lipinski definition) is 2. The number of thiazole rings is 1. The number of aliphatic hydroxyl groups is 2. The Morgan fingerprint density at radius 1 is 1.10 bits per heavy atom. The van der Waals surface area contributed by atoms with E-state index in [-0.39, 0.29) is 48.9 Å². The van der Waals surface area contributed by atoms with E-state index in [1.165, 1.54) is 22.5 Å². The average molecular weight is 686 g/mol. The Bertz CT molecular complexity index is 1330. The molecule has 0 aromatic carbocycles. The molecule has 0 unspecified atom stereocenters.